The Morgan fingerprint density at radius 2 is 2.29 bits per heavy atom. The molecule has 0 heterocycles. The highest BCUT2D eigenvalue weighted by molar-refractivity contribution is 5.90. The number of methoxy groups -OCH3 is 1. The first kappa shape index (κ1) is 15.0. The van der Waals surface area contributed by atoms with Crippen molar-refractivity contribution in [3.05, 3.63) is 29.3 Å². The van der Waals surface area contributed by atoms with Gasteiger partial charge < -0.3 is 14.6 Å². The number of rotatable bonds is 7. The van der Waals surface area contributed by atoms with Crippen LogP contribution in [0.2, 0.25) is 0 Å². The predicted molar refractivity (Wildman–Crippen MR) is 61.3 cm³/mol. The number of diazo groups is 1. The second-order valence-corrected chi connectivity index (χ2v) is 3.35. The maximum Gasteiger partial charge on any atom is 0.547 e. The second kappa shape index (κ2) is 8.16. The van der Waals surface area contributed by atoms with E-state index in [1.807, 2.05) is 6.92 Å². The Morgan fingerprint density at radius 3 is 2.71 bits per heavy atom. The van der Waals surface area contributed by atoms with Crippen LogP contribution >= 0.6 is 0 Å². The summed E-state index contributed by atoms with van der Waals surface area (Å²) in [5, 5.41) is 17.6. The van der Waals surface area contributed by atoms with Crippen molar-refractivity contribution in [2.75, 3.05) is 13.7 Å². The lowest BCUT2D eigenvalue weighted by atomic mass is 10.0. The van der Waals surface area contributed by atoms with E-state index in [0.29, 0.717) is 0 Å². The third-order valence-corrected chi connectivity index (χ3v) is 2.22. The number of nitrogens with zero attached hydrogens (tertiary/aromatic N) is 2. The van der Waals surface area contributed by atoms with Crippen LogP contribution in [0.1, 0.15) is 19.8 Å². The smallest absolute Gasteiger partial charge is 0.475 e. The molecule has 0 spiro atoms. The van der Waals surface area contributed by atoms with E-state index in [0.717, 1.165) is 20.0 Å². The van der Waals surface area contributed by atoms with Gasteiger partial charge in [-0.15, -0.1) is 6.58 Å². The van der Waals surface area contributed by atoms with E-state index in [4.69, 9.17) is 15.2 Å². The van der Waals surface area contributed by atoms with Crippen LogP contribution in [0.15, 0.2) is 24.3 Å². The summed E-state index contributed by atoms with van der Waals surface area (Å²) < 4.78 is 9.25. The molecule has 0 aromatic heterocycles. The van der Waals surface area contributed by atoms with Crippen LogP contribution in [0.25, 0.3) is 4.98 Å². The molecule has 0 saturated heterocycles. The van der Waals surface area contributed by atoms with Gasteiger partial charge in [0, 0.05) is 0 Å². The summed E-state index contributed by atoms with van der Waals surface area (Å²) in [6.45, 7) is 5.72. The molecule has 0 fully saturated rings. The van der Waals surface area contributed by atoms with E-state index in [2.05, 4.69) is 16.3 Å². The molecule has 0 aliphatic heterocycles. The minimum atomic E-state index is -0.936. The van der Waals surface area contributed by atoms with Gasteiger partial charge in [-0.3, -0.25) is 0 Å². The number of aliphatic hydroxyl groups is 1. The molecule has 0 aliphatic carbocycles. The zero-order chi connectivity index (χ0) is 13.3. The van der Waals surface area contributed by atoms with E-state index in [1.165, 1.54) is 0 Å². The van der Waals surface area contributed by atoms with Gasteiger partial charge in [0.25, 0.3) is 0 Å². The molecule has 0 rings (SSSR count). The number of hydrogen-bond donors (Lipinski definition) is 1. The van der Waals surface area contributed by atoms with Gasteiger partial charge in [-0.05, 0) is 18.8 Å². The molecule has 0 aromatic carbocycles. The molecule has 0 aliphatic rings. The second-order valence-electron chi connectivity index (χ2n) is 3.35. The van der Waals surface area contributed by atoms with E-state index in [1.54, 1.807) is 6.08 Å². The van der Waals surface area contributed by atoms with Crippen LogP contribution in [-0.2, 0) is 14.3 Å². The third-order valence-electron chi connectivity index (χ3n) is 2.22. The van der Waals surface area contributed by atoms with Gasteiger partial charge in [-0.1, -0.05) is 13.0 Å². The van der Waals surface area contributed by atoms with Crippen molar-refractivity contribution in [2.45, 2.75) is 19.8 Å². The van der Waals surface area contributed by atoms with Crippen LogP contribution in [0.3, 0.4) is 0 Å². The summed E-state index contributed by atoms with van der Waals surface area (Å²) in [4.78, 5) is 14.0. The Morgan fingerprint density at radius 1 is 1.65 bits per heavy atom. The highest BCUT2D eigenvalue weighted by Crippen LogP contribution is 2.12. The zero-order valence-electron chi connectivity index (χ0n) is 10.0. The predicted octanol–water partition coefficient (Wildman–Crippen LogP) is 2.36. The molecule has 17 heavy (non-hydrogen) atoms. The lowest BCUT2D eigenvalue weighted by molar-refractivity contribution is -0.140. The lowest BCUT2D eigenvalue weighted by Gasteiger charge is -2.10. The van der Waals surface area contributed by atoms with E-state index < -0.39 is 17.6 Å². The highest BCUT2D eigenvalue weighted by atomic mass is 16.6. The van der Waals surface area contributed by atoms with Crippen molar-refractivity contribution in [3.63, 3.8) is 0 Å². The Bertz CT molecular complexity index is 344. The first-order valence-electron chi connectivity index (χ1n) is 5.20. The molecular formula is C11H17N2O4+. The topological polar surface area (TPSA) is 83.9 Å². The first-order valence-corrected chi connectivity index (χ1v) is 5.20. The SMILES string of the molecule is C=CCC(CC)COC(=O)/C([N+]#N)=C(/O)OC. The van der Waals surface area contributed by atoms with Gasteiger partial charge in [-0.2, -0.15) is 0 Å². The van der Waals surface area contributed by atoms with Crippen molar-refractivity contribution in [3.8, 4) is 0 Å². The normalized spacial score (nSPS) is 13.0. The molecule has 1 unspecified atom stereocenters. The fraction of sp³-hybridized carbons (Fsp3) is 0.545. The van der Waals surface area contributed by atoms with Crippen molar-refractivity contribution < 1.29 is 19.4 Å². The van der Waals surface area contributed by atoms with Crippen molar-refractivity contribution in [1.82, 2.24) is 0 Å². The number of carbonyl (C=O) groups excluding carboxylic acids is 1. The number of carbonyl (C=O) groups is 1. The van der Waals surface area contributed by atoms with Crippen LogP contribution in [-0.4, -0.2) is 24.8 Å². The molecule has 1 atom stereocenters. The molecule has 0 amide bonds. The Labute approximate surface area is 100 Å². The number of hydrogen-bond acceptors (Lipinski definition) is 5. The summed E-state index contributed by atoms with van der Waals surface area (Å²) in [5.74, 6) is -1.57. The molecule has 94 valence electrons. The molecule has 0 bridgehead atoms. The molecule has 0 saturated carbocycles. The Balaban J connectivity index is 4.45. The van der Waals surface area contributed by atoms with Crippen molar-refractivity contribution in [2.24, 2.45) is 5.92 Å². The minimum absolute atomic E-state index is 0.154. The zero-order valence-corrected chi connectivity index (χ0v) is 10.0. The molecule has 0 aromatic rings. The fourth-order valence-corrected chi connectivity index (χ4v) is 1.12. The summed E-state index contributed by atoms with van der Waals surface area (Å²) in [6.07, 6.45) is 3.28. The van der Waals surface area contributed by atoms with Gasteiger partial charge in [0.1, 0.15) is 0 Å². The first-order chi connectivity index (χ1) is 8.10. The van der Waals surface area contributed by atoms with Gasteiger partial charge in [0.2, 0.25) is 5.39 Å². The number of ether oxygens (including phenoxy) is 2. The molecule has 6 nitrogen and oxygen atoms in total. The standard InChI is InChI=1S/C11H16N2O4/c1-4-6-8(5-2)7-17-11(15)9(13-12)10(14)16-3/h4,8H,1,5-7H2,2-3H3/p+1. The quantitative estimate of drug-likeness (QED) is 0.243. The summed E-state index contributed by atoms with van der Waals surface area (Å²) in [6, 6.07) is 0. The van der Waals surface area contributed by atoms with Gasteiger partial charge in [-0.25, -0.2) is 4.79 Å². The molecular weight excluding hydrogens is 224 g/mol. The number of allylic oxidation sites excluding steroid dienone is 1. The Kier molecular flexibility index (Phi) is 7.19. The van der Waals surface area contributed by atoms with Crippen LogP contribution in [0.5, 0.6) is 0 Å². The fourth-order valence-electron chi connectivity index (χ4n) is 1.12. The van der Waals surface area contributed by atoms with Gasteiger partial charge in [0.05, 0.1) is 13.7 Å². The van der Waals surface area contributed by atoms with Crippen LogP contribution < -0.4 is 0 Å². The molecule has 0 radical (unpaired) electrons. The molecule has 1 N–H and O–H groups in total. The highest BCUT2D eigenvalue weighted by Gasteiger charge is 2.32. The average molecular weight is 241 g/mol. The maximum atomic E-state index is 11.4. The van der Waals surface area contributed by atoms with Crippen molar-refractivity contribution in [1.29, 1.82) is 5.39 Å². The van der Waals surface area contributed by atoms with Crippen molar-refractivity contribution >= 4 is 5.97 Å². The third kappa shape index (κ3) is 5.02. The Hall–Kier alpha value is -2.03. The van der Waals surface area contributed by atoms with E-state index in [-0.39, 0.29) is 12.5 Å². The largest absolute Gasteiger partial charge is 0.547 e. The van der Waals surface area contributed by atoms with Gasteiger partial charge >= 0.3 is 17.6 Å². The molecule has 6 heteroatoms. The summed E-state index contributed by atoms with van der Waals surface area (Å²) in [5.41, 5.74) is -0.652. The number of esters is 1. The summed E-state index contributed by atoms with van der Waals surface area (Å²) in [7, 11) is 1.14. The van der Waals surface area contributed by atoms with Crippen LogP contribution in [0.4, 0.5) is 0 Å². The van der Waals surface area contributed by atoms with E-state index in [9.17, 15) is 4.79 Å². The van der Waals surface area contributed by atoms with Gasteiger partial charge in [0.15, 0.2) is 4.98 Å². The average Bonchev–Trinajstić information content (AvgIpc) is 2.34. The minimum Gasteiger partial charge on any atom is -0.475 e. The monoisotopic (exact) mass is 241 g/mol. The lowest BCUT2D eigenvalue weighted by Crippen LogP contribution is -2.15. The van der Waals surface area contributed by atoms with Crippen LogP contribution in [0, 0.1) is 11.3 Å². The summed E-state index contributed by atoms with van der Waals surface area (Å²) >= 11 is 0. The van der Waals surface area contributed by atoms with E-state index >= 15 is 0 Å². The maximum absolute atomic E-state index is 11.4. The number of aliphatic hydroxyl groups excluding tert-OH is 1.